The topological polar surface area (TPSA) is 50.7 Å². The summed E-state index contributed by atoms with van der Waals surface area (Å²) in [4.78, 5) is 7.75. The average molecular weight is 97.1 g/mol. The van der Waals surface area contributed by atoms with Crippen molar-refractivity contribution in [2.24, 2.45) is 15.7 Å². The van der Waals surface area contributed by atoms with Crippen molar-refractivity contribution in [1.82, 2.24) is 0 Å². The van der Waals surface area contributed by atoms with Gasteiger partial charge in [0.2, 0.25) is 0 Å². The van der Waals surface area contributed by atoms with E-state index in [1.54, 1.807) is 6.21 Å². The standard InChI is InChI=1S/C4H7N3/c5-1-4-2-6-3-7-4/h2H,1,3,5H2. The zero-order valence-corrected chi connectivity index (χ0v) is 3.96. The SMILES string of the molecule is NCC1=NCN=C1. The van der Waals surface area contributed by atoms with Crippen LogP contribution in [0.1, 0.15) is 0 Å². The molecule has 0 aromatic rings. The highest BCUT2D eigenvalue weighted by Crippen LogP contribution is 1.83. The minimum atomic E-state index is 0.517. The zero-order chi connectivity index (χ0) is 5.11. The van der Waals surface area contributed by atoms with E-state index in [0.717, 1.165) is 5.71 Å². The normalized spacial score (nSPS) is 17.6. The van der Waals surface area contributed by atoms with Gasteiger partial charge in [-0.1, -0.05) is 0 Å². The molecule has 0 aromatic heterocycles. The number of aliphatic imine (C=N–C) groups is 2. The van der Waals surface area contributed by atoms with Gasteiger partial charge in [-0.3, -0.25) is 9.98 Å². The Morgan fingerprint density at radius 1 is 1.86 bits per heavy atom. The van der Waals surface area contributed by atoms with Gasteiger partial charge in [-0.25, -0.2) is 0 Å². The van der Waals surface area contributed by atoms with Crippen molar-refractivity contribution in [1.29, 1.82) is 0 Å². The molecule has 0 atom stereocenters. The second-order valence-corrected chi connectivity index (χ2v) is 1.31. The summed E-state index contributed by atoms with van der Waals surface area (Å²) in [5, 5.41) is 0. The molecule has 2 N–H and O–H groups in total. The van der Waals surface area contributed by atoms with E-state index in [4.69, 9.17) is 5.73 Å². The highest BCUT2D eigenvalue weighted by molar-refractivity contribution is 6.32. The summed E-state index contributed by atoms with van der Waals surface area (Å²) in [5.41, 5.74) is 6.11. The van der Waals surface area contributed by atoms with Gasteiger partial charge >= 0.3 is 0 Å². The van der Waals surface area contributed by atoms with E-state index in [-0.39, 0.29) is 0 Å². The van der Waals surface area contributed by atoms with Gasteiger partial charge in [0.05, 0.1) is 5.71 Å². The Bertz CT molecular complexity index is 114. The zero-order valence-electron chi connectivity index (χ0n) is 3.96. The molecule has 0 radical (unpaired) electrons. The maximum atomic E-state index is 5.21. The first-order valence-electron chi connectivity index (χ1n) is 2.16. The molecule has 1 rings (SSSR count). The summed E-state index contributed by atoms with van der Waals surface area (Å²) >= 11 is 0. The molecule has 3 nitrogen and oxygen atoms in total. The van der Waals surface area contributed by atoms with Crippen LogP contribution in [0.15, 0.2) is 9.98 Å². The third-order valence-electron chi connectivity index (χ3n) is 0.805. The molecule has 0 unspecified atom stereocenters. The lowest BCUT2D eigenvalue weighted by Gasteiger charge is -1.81. The van der Waals surface area contributed by atoms with Gasteiger partial charge in [0.25, 0.3) is 0 Å². The third kappa shape index (κ3) is 0.838. The monoisotopic (exact) mass is 97.1 g/mol. The largest absolute Gasteiger partial charge is 0.325 e. The van der Waals surface area contributed by atoms with Crippen molar-refractivity contribution >= 4 is 11.9 Å². The van der Waals surface area contributed by atoms with Crippen molar-refractivity contribution < 1.29 is 0 Å². The van der Waals surface area contributed by atoms with E-state index in [9.17, 15) is 0 Å². The molecule has 0 amide bonds. The lowest BCUT2D eigenvalue weighted by atomic mass is 10.4. The molecule has 0 aromatic carbocycles. The minimum absolute atomic E-state index is 0.517. The van der Waals surface area contributed by atoms with Crippen molar-refractivity contribution in [3.8, 4) is 0 Å². The minimum Gasteiger partial charge on any atom is -0.325 e. The summed E-state index contributed by atoms with van der Waals surface area (Å²) in [6, 6.07) is 0. The van der Waals surface area contributed by atoms with E-state index in [1.807, 2.05) is 0 Å². The van der Waals surface area contributed by atoms with Crippen LogP contribution in [0, 0.1) is 0 Å². The second-order valence-electron chi connectivity index (χ2n) is 1.31. The maximum absolute atomic E-state index is 5.21. The van der Waals surface area contributed by atoms with Crippen molar-refractivity contribution in [3.05, 3.63) is 0 Å². The fraction of sp³-hybridized carbons (Fsp3) is 0.500. The molecule has 0 aliphatic carbocycles. The highest BCUT2D eigenvalue weighted by atomic mass is 15.0. The van der Waals surface area contributed by atoms with Gasteiger partial charge in [-0.2, -0.15) is 0 Å². The molecular weight excluding hydrogens is 90.1 g/mol. The van der Waals surface area contributed by atoms with Crippen LogP contribution in [-0.4, -0.2) is 25.1 Å². The Labute approximate surface area is 42.0 Å². The summed E-state index contributed by atoms with van der Waals surface area (Å²) in [6.45, 7) is 1.09. The van der Waals surface area contributed by atoms with Crippen LogP contribution >= 0.6 is 0 Å². The molecule has 1 aliphatic rings. The predicted octanol–water partition coefficient (Wildman–Crippen LogP) is -0.572. The average Bonchev–Trinajstić information content (AvgIpc) is 2.14. The summed E-state index contributed by atoms with van der Waals surface area (Å²) in [7, 11) is 0. The van der Waals surface area contributed by atoms with Gasteiger partial charge in [-0.05, 0) is 0 Å². The quantitative estimate of drug-likeness (QED) is 0.468. The van der Waals surface area contributed by atoms with Crippen LogP contribution in [0.5, 0.6) is 0 Å². The van der Waals surface area contributed by atoms with Crippen LogP contribution in [0.4, 0.5) is 0 Å². The maximum Gasteiger partial charge on any atom is 0.129 e. The van der Waals surface area contributed by atoms with Gasteiger partial charge in [0.15, 0.2) is 0 Å². The fourth-order valence-corrected chi connectivity index (χ4v) is 0.436. The molecule has 0 saturated heterocycles. The van der Waals surface area contributed by atoms with E-state index in [0.29, 0.717) is 13.2 Å². The number of nitrogens with two attached hydrogens (primary N) is 1. The van der Waals surface area contributed by atoms with E-state index < -0.39 is 0 Å². The van der Waals surface area contributed by atoms with Crippen molar-refractivity contribution in [2.45, 2.75) is 0 Å². The number of hydrogen-bond acceptors (Lipinski definition) is 3. The van der Waals surface area contributed by atoms with E-state index in [2.05, 4.69) is 9.98 Å². The Morgan fingerprint density at radius 2 is 2.71 bits per heavy atom. The van der Waals surface area contributed by atoms with Gasteiger partial charge in [0.1, 0.15) is 6.67 Å². The van der Waals surface area contributed by atoms with Gasteiger partial charge in [-0.15, -0.1) is 0 Å². The predicted molar refractivity (Wildman–Crippen MR) is 29.8 cm³/mol. The first kappa shape index (κ1) is 4.46. The Hall–Kier alpha value is -0.700. The van der Waals surface area contributed by atoms with Crippen molar-refractivity contribution in [3.63, 3.8) is 0 Å². The van der Waals surface area contributed by atoms with Gasteiger partial charge in [0, 0.05) is 12.8 Å². The molecule has 1 aliphatic heterocycles. The van der Waals surface area contributed by atoms with Crippen LogP contribution in [-0.2, 0) is 0 Å². The van der Waals surface area contributed by atoms with E-state index >= 15 is 0 Å². The molecule has 3 heteroatoms. The van der Waals surface area contributed by atoms with Crippen LogP contribution < -0.4 is 5.73 Å². The molecule has 0 spiro atoms. The Morgan fingerprint density at radius 3 is 3.00 bits per heavy atom. The molecular formula is C4H7N3. The first-order chi connectivity index (χ1) is 3.43. The van der Waals surface area contributed by atoms with Gasteiger partial charge < -0.3 is 5.73 Å². The Kier molecular flexibility index (Phi) is 1.17. The summed E-state index contributed by atoms with van der Waals surface area (Å²) in [5.74, 6) is 0. The first-order valence-corrected chi connectivity index (χ1v) is 2.16. The molecule has 38 valence electrons. The summed E-state index contributed by atoms with van der Waals surface area (Å²) < 4.78 is 0. The molecule has 0 fully saturated rings. The smallest absolute Gasteiger partial charge is 0.129 e. The lowest BCUT2D eigenvalue weighted by molar-refractivity contribution is 1.10. The number of hydrogen-bond donors (Lipinski definition) is 1. The molecule has 0 bridgehead atoms. The van der Waals surface area contributed by atoms with Crippen LogP contribution in [0.3, 0.4) is 0 Å². The van der Waals surface area contributed by atoms with E-state index in [1.165, 1.54) is 0 Å². The second kappa shape index (κ2) is 1.84. The number of rotatable bonds is 1. The molecule has 0 saturated carbocycles. The Balaban J connectivity index is 2.52. The molecule has 7 heavy (non-hydrogen) atoms. The van der Waals surface area contributed by atoms with Crippen LogP contribution in [0.2, 0.25) is 0 Å². The summed E-state index contributed by atoms with van der Waals surface area (Å²) in [6.07, 6.45) is 1.71. The van der Waals surface area contributed by atoms with Crippen molar-refractivity contribution in [2.75, 3.05) is 13.2 Å². The fourth-order valence-electron chi connectivity index (χ4n) is 0.436. The van der Waals surface area contributed by atoms with Crippen LogP contribution in [0.25, 0.3) is 0 Å². The lowest BCUT2D eigenvalue weighted by Crippen LogP contribution is -2.12. The highest BCUT2D eigenvalue weighted by Gasteiger charge is 1.93. The third-order valence-corrected chi connectivity index (χ3v) is 0.805. The molecule has 1 heterocycles. The number of nitrogens with zero attached hydrogens (tertiary/aromatic N) is 2.